The zero-order valence-electron chi connectivity index (χ0n) is 11.3. The number of nitriles is 1. The van der Waals surface area contributed by atoms with E-state index in [9.17, 15) is 9.65 Å². The van der Waals surface area contributed by atoms with Gasteiger partial charge in [0.2, 0.25) is 0 Å². The topological polar surface area (TPSA) is 33.0 Å². The summed E-state index contributed by atoms with van der Waals surface area (Å²) in [5.41, 5.74) is 1.79. The smallest absolute Gasteiger partial charge is 0.123 e. The summed E-state index contributed by atoms with van der Waals surface area (Å²) in [5, 5.41) is 9.34. The van der Waals surface area contributed by atoms with Gasteiger partial charge in [0.15, 0.2) is 0 Å². The molecule has 2 aromatic carbocycles. The third-order valence-electron chi connectivity index (χ3n) is 3.29. The molecule has 20 heavy (non-hydrogen) atoms. The van der Waals surface area contributed by atoms with Crippen molar-refractivity contribution in [2.45, 2.75) is 18.8 Å². The molecule has 1 unspecified atom stereocenters. The van der Waals surface area contributed by atoms with Gasteiger partial charge in [-0.1, -0.05) is 30.3 Å². The second-order valence-corrected chi connectivity index (χ2v) is 4.59. The Morgan fingerprint density at radius 1 is 1.20 bits per heavy atom. The van der Waals surface area contributed by atoms with E-state index in [4.69, 9.17) is 4.74 Å². The molecule has 0 bridgehead atoms. The molecule has 3 heteroatoms. The highest BCUT2D eigenvalue weighted by Gasteiger charge is 2.16. The molecule has 102 valence electrons. The Morgan fingerprint density at radius 3 is 2.60 bits per heavy atom. The Morgan fingerprint density at radius 2 is 1.95 bits per heavy atom. The SMILES string of the molecule is COc1ccc(F)cc1C(C#N)CCc1ccccc1. The van der Waals surface area contributed by atoms with Crippen LogP contribution in [0.4, 0.5) is 4.39 Å². The first-order chi connectivity index (χ1) is 9.74. The van der Waals surface area contributed by atoms with Gasteiger partial charge in [0.25, 0.3) is 0 Å². The van der Waals surface area contributed by atoms with Crippen LogP contribution in [0, 0.1) is 17.1 Å². The highest BCUT2D eigenvalue weighted by molar-refractivity contribution is 5.39. The van der Waals surface area contributed by atoms with Crippen molar-refractivity contribution in [3.8, 4) is 11.8 Å². The lowest BCUT2D eigenvalue weighted by molar-refractivity contribution is 0.406. The number of methoxy groups -OCH3 is 1. The molecule has 2 rings (SSSR count). The molecule has 2 aromatic rings. The third-order valence-corrected chi connectivity index (χ3v) is 3.29. The van der Waals surface area contributed by atoms with E-state index in [0.29, 0.717) is 17.7 Å². The number of aryl methyl sites for hydroxylation is 1. The summed E-state index contributed by atoms with van der Waals surface area (Å²) >= 11 is 0. The summed E-state index contributed by atoms with van der Waals surface area (Å²) in [6.07, 6.45) is 1.42. The highest BCUT2D eigenvalue weighted by Crippen LogP contribution is 2.30. The van der Waals surface area contributed by atoms with E-state index in [0.717, 1.165) is 6.42 Å². The van der Waals surface area contributed by atoms with Crippen molar-refractivity contribution in [3.05, 3.63) is 65.5 Å². The van der Waals surface area contributed by atoms with Gasteiger partial charge in [-0.3, -0.25) is 0 Å². The average molecular weight is 269 g/mol. The van der Waals surface area contributed by atoms with Gasteiger partial charge in [-0.05, 0) is 36.6 Å². The second kappa shape index (κ2) is 6.72. The van der Waals surface area contributed by atoms with E-state index in [-0.39, 0.29) is 11.7 Å². The maximum atomic E-state index is 13.4. The zero-order valence-corrected chi connectivity index (χ0v) is 11.3. The number of nitrogens with zero attached hydrogens (tertiary/aromatic N) is 1. The minimum Gasteiger partial charge on any atom is -0.496 e. The summed E-state index contributed by atoms with van der Waals surface area (Å²) < 4.78 is 18.6. The lowest BCUT2D eigenvalue weighted by Gasteiger charge is -2.13. The highest BCUT2D eigenvalue weighted by atomic mass is 19.1. The molecule has 0 aromatic heterocycles. The van der Waals surface area contributed by atoms with Crippen LogP contribution in [0.5, 0.6) is 5.75 Å². The van der Waals surface area contributed by atoms with Gasteiger partial charge in [0.05, 0.1) is 19.1 Å². The molecule has 0 radical (unpaired) electrons. The molecular weight excluding hydrogens is 253 g/mol. The van der Waals surface area contributed by atoms with Gasteiger partial charge >= 0.3 is 0 Å². The molecule has 0 aliphatic heterocycles. The zero-order chi connectivity index (χ0) is 14.4. The fourth-order valence-electron chi connectivity index (χ4n) is 2.22. The molecular formula is C17H16FNO. The van der Waals surface area contributed by atoms with Gasteiger partial charge < -0.3 is 4.74 Å². The van der Waals surface area contributed by atoms with Crippen molar-refractivity contribution >= 4 is 0 Å². The van der Waals surface area contributed by atoms with E-state index < -0.39 is 0 Å². The van der Waals surface area contributed by atoms with Crippen LogP contribution in [-0.2, 0) is 6.42 Å². The number of hydrogen-bond donors (Lipinski definition) is 0. The van der Waals surface area contributed by atoms with Crippen LogP contribution in [-0.4, -0.2) is 7.11 Å². The Balaban J connectivity index is 2.16. The van der Waals surface area contributed by atoms with Crippen molar-refractivity contribution in [1.29, 1.82) is 5.26 Å². The predicted octanol–water partition coefficient (Wildman–Crippen LogP) is 4.07. The summed E-state index contributed by atoms with van der Waals surface area (Å²) in [4.78, 5) is 0. The van der Waals surface area contributed by atoms with Gasteiger partial charge in [0, 0.05) is 5.56 Å². The van der Waals surface area contributed by atoms with E-state index in [1.165, 1.54) is 24.8 Å². The second-order valence-electron chi connectivity index (χ2n) is 4.59. The van der Waals surface area contributed by atoms with E-state index in [2.05, 4.69) is 6.07 Å². The van der Waals surface area contributed by atoms with Gasteiger partial charge in [-0.25, -0.2) is 4.39 Å². The quantitative estimate of drug-likeness (QED) is 0.819. The van der Waals surface area contributed by atoms with Crippen LogP contribution in [0.15, 0.2) is 48.5 Å². The Labute approximate surface area is 118 Å². The monoisotopic (exact) mass is 269 g/mol. The summed E-state index contributed by atoms with van der Waals surface area (Å²) in [6.45, 7) is 0. The van der Waals surface area contributed by atoms with Crippen LogP contribution in [0.1, 0.15) is 23.5 Å². The van der Waals surface area contributed by atoms with Crippen molar-refractivity contribution in [2.24, 2.45) is 0 Å². The molecule has 0 fully saturated rings. The van der Waals surface area contributed by atoms with E-state index >= 15 is 0 Å². The number of hydrogen-bond acceptors (Lipinski definition) is 2. The van der Waals surface area contributed by atoms with Crippen LogP contribution < -0.4 is 4.74 Å². The van der Waals surface area contributed by atoms with Gasteiger partial charge in [-0.2, -0.15) is 5.26 Å². The Kier molecular flexibility index (Phi) is 4.73. The van der Waals surface area contributed by atoms with Gasteiger partial charge in [-0.15, -0.1) is 0 Å². The summed E-state index contributed by atoms with van der Waals surface area (Å²) in [5.74, 6) is -0.160. The summed E-state index contributed by atoms with van der Waals surface area (Å²) in [6, 6.07) is 16.5. The first kappa shape index (κ1) is 14.1. The van der Waals surface area contributed by atoms with Gasteiger partial charge in [0.1, 0.15) is 11.6 Å². The normalized spacial score (nSPS) is 11.7. The van der Waals surface area contributed by atoms with Crippen molar-refractivity contribution < 1.29 is 9.13 Å². The maximum absolute atomic E-state index is 13.4. The molecule has 2 nitrogen and oxygen atoms in total. The largest absolute Gasteiger partial charge is 0.496 e. The molecule has 0 aliphatic carbocycles. The third kappa shape index (κ3) is 3.36. The lowest BCUT2D eigenvalue weighted by Crippen LogP contribution is -2.02. The molecule has 0 spiro atoms. The molecule has 0 saturated heterocycles. The fourth-order valence-corrected chi connectivity index (χ4v) is 2.22. The van der Waals surface area contributed by atoms with Crippen LogP contribution >= 0.6 is 0 Å². The van der Waals surface area contributed by atoms with Crippen LogP contribution in [0.2, 0.25) is 0 Å². The van der Waals surface area contributed by atoms with Crippen LogP contribution in [0.3, 0.4) is 0 Å². The Hall–Kier alpha value is -2.34. The maximum Gasteiger partial charge on any atom is 0.123 e. The lowest BCUT2D eigenvalue weighted by atomic mass is 9.93. The van der Waals surface area contributed by atoms with Crippen LogP contribution in [0.25, 0.3) is 0 Å². The molecule has 0 saturated carbocycles. The molecule has 0 aliphatic rings. The molecule has 1 atom stereocenters. The molecule has 0 N–H and O–H groups in total. The standard InChI is InChI=1S/C17H16FNO/c1-20-17-10-9-15(18)11-16(17)14(12-19)8-7-13-5-3-2-4-6-13/h2-6,9-11,14H,7-8H2,1H3. The first-order valence-corrected chi connectivity index (χ1v) is 6.51. The number of rotatable bonds is 5. The minimum atomic E-state index is -0.374. The summed E-state index contributed by atoms with van der Waals surface area (Å²) in [7, 11) is 1.53. The molecule has 0 heterocycles. The van der Waals surface area contributed by atoms with E-state index in [1.807, 2.05) is 30.3 Å². The minimum absolute atomic E-state index is 0.347. The Bertz CT molecular complexity index is 604. The van der Waals surface area contributed by atoms with Crippen molar-refractivity contribution in [2.75, 3.05) is 7.11 Å². The van der Waals surface area contributed by atoms with E-state index in [1.54, 1.807) is 6.07 Å². The number of benzene rings is 2. The molecule has 0 amide bonds. The predicted molar refractivity (Wildman–Crippen MR) is 76.1 cm³/mol. The van der Waals surface area contributed by atoms with Crippen molar-refractivity contribution in [3.63, 3.8) is 0 Å². The van der Waals surface area contributed by atoms with Crippen molar-refractivity contribution in [1.82, 2.24) is 0 Å². The average Bonchev–Trinajstić information content (AvgIpc) is 2.49. The number of ether oxygens (including phenoxy) is 1. The first-order valence-electron chi connectivity index (χ1n) is 6.51. The fraction of sp³-hybridized carbons (Fsp3) is 0.235. The number of halogens is 1.